The van der Waals surface area contributed by atoms with Gasteiger partial charge in [-0.25, -0.2) is 9.89 Å². The molecule has 0 amide bonds. The van der Waals surface area contributed by atoms with Crippen molar-refractivity contribution in [2.24, 2.45) is 5.92 Å². The van der Waals surface area contributed by atoms with E-state index in [2.05, 4.69) is 34.3 Å². The molecule has 1 rings (SSSR count). The van der Waals surface area contributed by atoms with Crippen molar-refractivity contribution in [2.75, 3.05) is 5.32 Å². The summed E-state index contributed by atoms with van der Waals surface area (Å²) in [5.74, 6) is 0.750. The van der Waals surface area contributed by atoms with E-state index >= 15 is 0 Å². The van der Waals surface area contributed by atoms with Gasteiger partial charge in [-0.3, -0.25) is 9.78 Å². The summed E-state index contributed by atoms with van der Waals surface area (Å²) in [6.45, 7) is 6.27. The largest absolute Gasteiger partial charge is 0.362 e. The maximum absolute atomic E-state index is 11.3. The molecule has 0 aliphatic rings. The second-order valence-corrected chi connectivity index (χ2v) is 4.15. The summed E-state index contributed by atoms with van der Waals surface area (Å²) in [6.07, 6.45) is 2.05. The van der Waals surface area contributed by atoms with Gasteiger partial charge in [-0.05, 0) is 19.3 Å². The van der Waals surface area contributed by atoms with Crippen molar-refractivity contribution in [3.63, 3.8) is 0 Å². The van der Waals surface area contributed by atoms with E-state index in [4.69, 9.17) is 0 Å². The van der Waals surface area contributed by atoms with Gasteiger partial charge in [0.2, 0.25) is 5.82 Å². The van der Waals surface area contributed by atoms with Gasteiger partial charge in [0.15, 0.2) is 0 Å². The highest BCUT2D eigenvalue weighted by atomic mass is 16.2. The van der Waals surface area contributed by atoms with E-state index in [1.807, 2.05) is 6.92 Å². The van der Waals surface area contributed by atoms with Crippen LogP contribution in [0, 0.1) is 5.92 Å². The Morgan fingerprint density at radius 3 is 2.62 bits per heavy atom. The van der Waals surface area contributed by atoms with E-state index in [9.17, 15) is 9.59 Å². The Hall–Kier alpha value is -1.59. The first-order valence-corrected chi connectivity index (χ1v) is 5.48. The molecule has 0 fully saturated rings. The second-order valence-electron chi connectivity index (χ2n) is 4.15. The van der Waals surface area contributed by atoms with Gasteiger partial charge in [-0.1, -0.05) is 20.3 Å². The third-order valence-electron chi connectivity index (χ3n) is 2.55. The van der Waals surface area contributed by atoms with Crippen LogP contribution in [0.2, 0.25) is 0 Å². The minimum Gasteiger partial charge on any atom is -0.362 e. The molecule has 2 atom stereocenters. The van der Waals surface area contributed by atoms with Gasteiger partial charge >= 0.3 is 5.69 Å². The lowest BCUT2D eigenvalue weighted by Crippen LogP contribution is -2.30. The van der Waals surface area contributed by atoms with E-state index in [0.29, 0.717) is 5.92 Å². The maximum atomic E-state index is 11.3. The average Bonchev–Trinajstić information content (AvgIpc) is 2.22. The summed E-state index contributed by atoms with van der Waals surface area (Å²) in [5, 5.41) is 8.83. The van der Waals surface area contributed by atoms with Gasteiger partial charge in [-0.2, -0.15) is 0 Å². The third kappa shape index (κ3) is 3.52. The molecular weight excluding hydrogens is 208 g/mol. The standard InChI is InChI=1S/C10H18N4O2/c1-4-6(2)5-7(3)11-8-9(15)12-10(16)14-13-8/h6-7H,4-5H2,1-3H3,(H,11,13)(H2,12,14,15,16). The molecule has 90 valence electrons. The minimum atomic E-state index is -0.592. The Balaban J connectivity index is 2.66. The molecule has 1 aromatic heterocycles. The summed E-state index contributed by atoms with van der Waals surface area (Å²) in [4.78, 5) is 24.2. The zero-order valence-electron chi connectivity index (χ0n) is 9.83. The van der Waals surface area contributed by atoms with Crippen LogP contribution in [0.5, 0.6) is 0 Å². The lowest BCUT2D eigenvalue weighted by Gasteiger charge is -2.16. The van der Waals surface area contributed by atoms with Crippen LogP contribution in [-0.4, -0.2) is 21.2 Å². The highest BCUT2D eigenvalue weighted by Gasteiger charge is 2.09. The van der Waals surface area contributed by atoms with Gasteiger partial charge in [0.05, 0.1) is 0 Å². The smallest absolute Gasteiger partial charge is 0.342 e. The summed E-state index contributed by atoms with van der Waals surface area (Å²) in [6, 6.07) is 0.148. The first kappa shape index (κ1) is 12.5. The topological polar surface area (TPSA) is 90.6 Å². The highest BCUT2D eigenvalue weighted by Crippen LogP contribution is 2.11. The quantitative estimate of drug-likeness (QED) is 0.689. The van der Waals surface area contributed by atoms with Crippen molar-refractivity contribution < 1.29 is 0 Å². The van der Waals surface area contributed by atoms with Crippen LogP contribution >= 0.6 is 0 Å². The second kappa shape index (κ2) is 5.48. The predicted octanol–water partition coefficient (Wildman–Crippen LogP) is 0.695. The lowest BCUT2D eigenvalue weighted by atomic mass is 10.0. The molecule has 0 saturated heterocycles. The van der Waals surface area contributed by atoms with Crippen molar-refractivity contribution in [2.45, 2.75) is 39.7 Å². The Morgan fingerprint density at radius 2 is 2.06 bits per heavy atom. The van der Waals surface area contributed by atoms with Crippen LogP contribution in [-0.2, 0) is 0 Å². The molecule has 2 unspecified atom stereocenters. The Bertz CT molecular complexity index is 437. The first-order valence-electron chi connectivity index (χ1n) is 5.48. The molecule has 0 spiro atoms. The lowest BCUT2D eigenvalue weighted by molar-refractivity contribution is 0.482. The molecule has 0 aliphatic heterocycles. The zero-order valence-corrected chi connectivity index (χ0v) is 9.83. The number of anilines is 1. The molecule has 1 aromatic rings. The molecule has 16 heavy (non-hydrogen) atoms. The zero-order chi connectivity index (χ0) is 12.1. The first-order chi connectivity index (χ1) is 7.52. The van der Waals surface area contributed by atoms with E-state index in [0.717, 1.165) is 12.8 Å². The van der Waals surface area contributed by atoms with Gasteiger partial charge in [0.1, 0.15) is 0 Å². The number of rotatable bonds is 5. The Labute approximate surface area is 93.5 Å². The number of aromatic nitrogens is 3. The fraction of sp³-hybridized carbons (Fsp3) is 0.700. The number of aromatic amines is 2. The van der Waals surface area contributed by atoms with E-state index < -0.39 is 11.2 Å². The number of hydrogen-bond donors (Lipinski definition) is 3. The van der Waals surface area contributed by atoms with Crippen LogP contribution in [0.1, 0.15) is 33.6 Å². The van der Waals surface area contributed by atoms with Crippen molar-refractivity contribution in [1.82, 2.24) is 15.2 Å². The number of H-pyrrole nitrogens is 2. The molecule has 6 nitrogen and oxygen atoms in total. The fourth-order valence-corrected chi connectivity index (χ4v) is 1.51. The molecule has 0 aliphatic carbocycles. The van der Waals surface area contributed by atoms with Crippen LogP contribution in [0.25, 0.3) is 0 Å². The van der Waals surface area contributed by atoms with Crippen molar-refractivity contribution in [1.29, 1.82) is 0 Å². The van der Waals surface area contributed by atoms with Crippen LogP contribution in [0.3, 0.4) is 0 Å². The van der Waals surface area contributed by atoms with Gasteiger partial charge in [-0.15, -0.1) is 5.10 Å². The van der Waals surface area contributed by atoms with Gasteiger partial charge in [0.25, 0.3) is 5.56 Å². The SMILES string of the molecule is CCC(C)CC(C)Nc1n[nH]c(=O)[nH]c1=O. The van der Waals surface area contributed by atoms with Gasteiger partial charge < -0.3 is 5.32 Å². The summed E-state index contributed by atoms with van der Waals surface area (Å²) >= 11 is 0. The van der Waals surface area contributed by atoms with Crippen LogP contribution in [0.4, 0.5) is 5.82 Å². The van der Waals surface area contributed by atoms with Crippen molar-refractivity contribution in [3.8, 4) is 0 Å². The monoisotopic (exact) mass is 226 g/mol. The van der Waals surface area contributed by atoms with Crippen LogP contribution in [0.15, 0.2) is 9.59 Å². The molecule has 0 aromatic carbocycles. The summed E-state index contributed by atoms with van der Waals surface area (Å²) in [5.41, 5.74) is -1.08. The summed E-state index contributed by atoms with van der Waals surface area (Å²) < 4.78 is 0. The van der Waals surface area contributed by atoms with Gasteiger partial charge in [0, 0.05) is 6.04 Å². The predicted molar refractivity (Wildman–Crippen MR) is 62.6 cm³/mol. The highest BCUT2D eigenvalue weighted by molar-refractivity contribution is 5.29. The Kier molecular flexibility index (Phi) is 4.28. The van der Waals surface area contributed by atoms with Crippen molar-refractivity contribution >= 4 is 5.82 Å². The Morgan fingerprint density at radius 1 is 1.38 bits per heavy atom. The number of nitrogens with one attached hydrogen (secondary N) is 3. The normalized spacial score (nSPS) is 14.4. The number of hydrogen-bond acceptors (Lipinski definition) is 4. The molecule has 0 bridgehead atoms. The summed E-state index contributed by atoms with van der Waals surface area (Å²) in [7, 11) is 0. The van der Waals surface area contributed by atoms with Crippen LogP contribution < -0.4 is 16.6 Å². The molecule has 6 heteroatoms. The maximum Gasteiger partial charge on any atom is 0.342 e. The average molecular weight is 226 g/mol. The molecule has 3 N–H and O–H groups in total. The minimum absolute atomic E-state index is 0.148. The fourth-order valence-electron chi connectivity index (χ4n) is 1.51. The molecule has 0 radical (unpaired) electrons. The van der Waals surface area contributed by atoms with E-state index in [1.54, 1.807) is 0 Å². The molecular formula is C10H18N4O2. The van der Waals surface area contributed by atoms with E-state index in [1.165, 1.54) is 0 Å². The number of nitrogens with zero attached hydrogens (tertiary/aromatic N) is 1. The third-order valence-corrected chi connectivity index (χ3v) is 2.55. The molecule has 1 heterocycles. The molecule has 0 saturated carbocycles. The van der Waals surface area contributed by atoms with E-state index in [-0.39, 0.29) is 11.9 Å². The van der Waals surface area contributed by atoms with Crippen molar-refractivity contribution in [3.05, 3.63) is 20.8 Å².